The Labute approximate surface area is 195 Å². The maximum Gasteiger partial charge on any atom is 1.00 e. The van der Waals surface area contributed by atoms with Crippen LogP contribution in [0.3, 0.4) is 0 Å². The molecule has 0 fully saturated rings. The molecule has 0 aliphatic rings. The predicted molar refractivity (Wildman–Crippen MR) is 60.2 cm³/mol. The van der Waals surface area contributed by atoms with Gasteiger partial charge >= 0.3 is 83.4 Å². The minimum absolute atomic E-state index is 0. The monoisotopic (exact) mass is 586 g/mol. The third-order valence-corrected chi connectivity index (χ3v) is 4.42. The third-order valence-electron chi connectivity index (χ3n) is 3.62. The molecule has 0 saturated carbocycles. The summed E-state index contributed by atoms with van der Waals surface area (Å²) in [7, 11) is -7.53. The number of alkyl halides is 19. The van der Waals surface area contributed by atoms with E-state index in [1.54, 1.807) is 0 Å². The molecule has 0 amide bonds. The van der Waals surface area contributed by atoms with Gasteiger partial charge in [0.15, 0.2) is 0 Å². The summed E-state index contributed by atoms with van der Waals surface area (Å²) in [5.74, 6) is -68.8. The molecule has 0 aliphatic carbocycles. The topological polar surface area (TPSA) is 57.2 Å². The van der Waals surface area contributed by atoms with Gasteiger partial charge in [0.25, 0.3) is 5.50 Å². The molecule has 34 heavy (non-hydrogen) atoms. The van der Waals surface area contributed by atoms with E-state index < -0.39 is 69.4 Å². The van der Waals surface area contributed by atoms with Crippen LogP contribution in [0.1, 0.15) is 0 Å². The average Bonchev–Trinajstić information content (AvgIpc) is 2.58. The van der Waals surface area contributed by atoms with Crippen LogP contribution in [0.2, 0.25) is 0 Å². The Morgan fingerprint density at radius 1 is 0.471 bits per heavy atom. The van der Waals surface area contributed by atoms with Crippen LogP contribution < -0.4 is 29.6 Å². The van der Waals surface area contributed by atoms with E-state index in [4.69, 9.17) is 0 Å². The smallest absolute Gasteiger partial charge is 0.746 e. The van der Waals surface area contributed by atoms with Gasteiger partial charge in [0.05, 0.1) is 0 Å². The van der Waals surface area contributed by atoms with Crippen LogP contribution in [0.25, 0.3) is 0 Å². The second-order valence-corrected chi connectivity index (χ2v) is 7.20. The van der Waals surface area contributed by atoms with Crippen LogP contribution in [0.4, 0.5) is 83.4 Å². The molecule has 0 bridgehead atoms. The molecule has 24 heteroatoms. The summed E-state index contributed by atoms with van der Waals surface area (Å²) in [6, 6.07) is 0. The Balaban J connectivity index is 0. The minimum Gasteiger partial charge on any atom is -0.746 e. The van der Waals surface area contributed by atoms with Crippen LogP contribution in [0, 0.1) is 0 Å². The number of hydrogen-bond acceptors (Lipinski definition) is 3. The number of hydrogen-bond donors (Lipinski definition) is 0. The van der Waals surface area contributed by atoms with Crippen molar-refractivity contribution in [2.75, 3.05) is 0 Å². The zero-order chi connectivity index (χ0) is 27.7. The van der Waals surface area contributed by atoms with Gasteiger partial charge in [-0.05, 0) is 0 Å². The molecule has 3 nitrogen and oxygen atoms in total. The van der Waals surface area contributed by atoms with Gasteiger partial charge < -0.3 is 4.55 Å². The van der Waals surface area contributed by atoms with E-state index in [9.17, 15) is 96.4 Å². The van der Waals surface area contributed by atoms with Crippen LogP contribution in [-0.2, 0) is 10.1 Å². The maximum absolute atomic E-state index is 13.3. The van der Waals surface area contributed by atoms with Crippen LogP contribution in [0.15, 0.2) is 0 Å². The van der Waals surface area contributed by atoms with Crippen LogP contribution in [0.5, 0.6) is 0 Å². The van der Waals surface area contributed by atoms with Gasteiger partial charge in [0.1, 0.15) is 10.1 Å². The fourth-order valence-electron chi connectivity index (χ4n) is 1.67. The fraction of sp³-hybridized carbons (Fsp3) is 1.00. The third kappa shape index (κ3) is 4.55. The van der Waals surface area contributed by atoms with Crippen molar-refractivity contribution in [2.45, 2.75) is 59.3 Å². The molecule has 1 unspecified atom stereocenters. The molecule has 0 radical (unpaired) electrons. The Hall–Kier alpha value is -0.420. The molecule has 0 aliphatic heterocycles. The van der Waals surface area contributed by atoms with Crippen molar-refractivity contribution in [1.29, 1.82) is 0 Å². The largest absolute Gasteiger partial charge is 1.00 e. The average molecular weight is 586 g/mol. The normalized spacial score (nSPS) is 17.0. The summed E-state index contributed by atoms with van der Waals surface area (Å²) in [6.07, 6.45) is -6.12. The SMILES string of the molecule is O=S(=O)([O-])C(F)C(F)(F)C(F)(F)C(F)(F)C(F)(F)C(F)(F)C(F)(F)C(F)(F)C(F)(F)C(F)F.[Na+]. The van der Waals surface area contributed by atoms with E-state index in [1.165, 1.54) is 0 Å². The Morgan fingerprint density at radius 2 is 0.676 bits per heavy atom. The van der Waals surface area contributed by atoms with Gasteiger partial charge in [-0.1, -0.05) is 0 Å². The first kappa shape index (κ1) is 35.7. The van der Waals surface area contributed by atoms with Crippen molar-refractivity contribution in [3.8, 4) is 0 Å². The van der Waals surface area contributed by atoms with Gasteiger partial charge in [-0.15, -0.1) is 0 Å². The van der Waals surface area contributed by atoms with Crippen molar-refractivity contribution in [2.24, 2.45) is 0 Å². The number of rotatable bonds is 10. The quantitative estimate of drug-likeness (QED) is 0.224. The summed E-state index contributed by atoms with van der Waals surface area (Å²) in [6.45, 7) is 0. The van der Waals surface area contributed by atoms with E-state index in [0.29, 0.717) is 0 Å². The molecular weight excluding hydrogens is 584 g/mol. The van der Waals surface area contributed by atoms with E-state index in [0.717, 1.165) is 0 Å². The zero-order valence-corrected chi connectivity index (χ0v) is 17.8. The second kappa shape index (κ2) is 9.15. The van der Waals surface area contributed by atoms with Crippen molar-refractivity contribution in [3.63, 3.8) is 0 Å². The van der Waals surface area contributed by atoms with E-state index in [1.807, 2.05) is 0 Å². The molecule has 1 atom stereocenters. The van der Waals surface area contributed by atoms with Gasteiger partial charge in [-0.3, -0.25) is 0 Å². The van der Waals surface area contributed by atoms with Gasteiger partial charge in [0, 0.05) is 0 Å². The summed E-state index contributed by atoms with van der Waals surface area (Å²) in [5.41, 5.74) is -6.18. The summed E-state index contributed by atoms with van der Waals surface area (Å²) < 4.78 is 275. The predicted octanol–water partition coefficient (Wildman–Crippen LogP) is 2.18. The molecule has 0 heterocycles. The standard InChI is InChI=1S/C10H3F19O3S.Na/c11-1(12)3(14,15)5(18,19)7(22,23)9(26,27)10(28,29)8(24,25)6(20,21)4(16,17)2(13)33(30,31)32;/h1-2H,(H,30,31,32);/q;+1/p-1. The van der Waals surface area contributed by atoms with E-state index >= 15 is 0 Å². The van der Waals surface area contributed by atoms with Crippen molar-refractivity contribution in [1.82, 2.24) is 0 Å². The van der Waals surface area contributed by atoms with Crippen LogP contribution in [-0.4, -0.2) is 72.3 Å². The zero-order valence-electron chi connectivity index (χ0n) is 15.0. The Bertz CT molecular complexity index is 837. The first-order valence-electron chi connectivity index (χ1n) is 6.74. The fourth-order valence-corrected chi connectivity index (χ4v) is 2.18. The molecule has 200 valence electrons. The summed E-state index contributed by atoms with van der Waals surface area (Å²) in [5, 5.41) is 0. The van der Waals surface area contributed by atoms with Gasteiger partial charge in [0.2, 0.25) is 0 Å². The molecule has 0 rings (SSSR count). The molecule has 0 N–H and O–H groups in total. The van der Waals surface area contributed by atoms with Crippen molar-refractivity contribution >= 4 is 10.1 Å². The van der Waals surface area contributed by atoms with E-state index in [2.05, 4.69) is 0 Å². The molecule has 0 aromatic heterocycles. The first-order valence-corrected chi connectivity index (χ1v) is 8.21. The molecule has 0 saturated heterocycles. The Kier molecular flexibility index (Phi) is 9.62. The van der Waals surface area contributed by atoms with Crippen LogP contribution >= 0.6 is 0 Å². The Morgan fingerprint density at radius 3 is 0.882 bits per heavy atom. The van der Waals surface area contributed by atoms with Gasteiger partial charge in [-0.25, -0.2) is 21.6 Å². The maximum atomic E-state index is 13.3. The summed E-state index contributed by atoms with van der Waals surface area (Å²) >= 11 is 0. The van der Waals surface area contributed by atoms with E-state index in [-0.39, 0.29) is 29.6 Å². The second-order valence-electron chi connectivity index (χ2n) is 5.80. The molecule has 0 aromatic carbocycles. The number of halogens is 19. The van der Waals surface area contributed by atoms with Gasteiger partial charge in [-0.2, -0.15) is 70.2 Å². The first-order chi connectivity index (χ1) is 13.8. The molecule has 0 spiro atoms. The van der Waals surface area contributed by atoms with Crippen molar-refractivity contribution in [3.05, 3.63) is 0 Å². The molecule has 0 aromatic rings. The summed E-state index contributed by atoms with van der Waals surface area (Å²) in [4.78, 5) is 0. The molecular formula is C10H2F19NaO3S. The minimum atomic E-state index is -9.08. The van der Waals surface area contributed by atoms with Crippen molar-refractivity contribution < 1.29 is 126 Å².